The van der Waals surface area contributed by atoms with Crippen molar-refractivity contribution in [1.82, 2.24) is 4.90 Å². The van der Waals surface area contributed by atoms with Gasteiger partial charge in [-0.1, -0.05) is 55.5 Å². The third-order valence-corrected chi connectivity index (χ3v) is 7.96. The van der Waals surface area contributed by atoms with Crippen LogP contribution < -0.4 is 10.6 Å². The molecule has 1 saturated heterocycles. The predicted octanol–water partition coefficient (Wildman–Crippen LogP) is 5.86. The van der Waals surface area contributed by atoms with E-state index in [0.717, 1.165) is 49.7 Å². The number of halogens is 1. The van der Waals surface area contributed by atoms with Crippen molar-refractivity contribution in [3.63, 3.8) is 0 Å². The quantitative estimate of drug-likeness (QED) is 0.334. The van der Waals surface area contributed by atoms with Crippen molar-refractivity contribution in [1.29, 1.82) is 0 Å². The Morgan fingerprint density at radius 1 is 1.00 bits per heavy atom. The third-order valence-electron chi connectivity index (χ3n) is 7.96. The van der Waals surface area contributed by atoms with Gasteiger partial charge in [-0.25, -0.2) is 4.39 Å². The Morgan fingerprint density at radius 3 is 2.42 bits per heavy atom. The van der Waals surface area contributed by atoms with Crippen LogP contribution in [0.15, 0.2) is 102 Å². The summed E-state index contributed by atoms with van der Waals surface area (Å²) in [6.07, 6.45) is 4.28. The number of benzene rings is 3. The van der Waals surface area contributed by atoms with Crippen molar-refractivity contribution in [3.05, 3.63) is 119 Å². The maximum atomic E-state index is 13.5. The molecule has 3 aliphatic rings. The molecule has 40 heavy (non-hydrogen) atoms. The predicted molar refractivity (Wildman–Crippen MR) is 154 cm³/mol. The number of morpholine rings is 1. The van der Waals surface area contributed by atoms with Gasteiger partial charge in [0.15, 0.2) is 0 Å². The molecule has 6 rings (SSSR count). The first kappa shape index (κ1) is 26.4. The van der Waals surface area contributed by atoms with Crippen molar-refractivity contribution < 1.29 is 18.7 Å². The monoisotopic (exact) mass is 539 g/mol. The van der Waals surface area contributed by atoms with Crippen LogP contribution in [0.2, 0.25) is 0 Å². The Morgan fingerprint density at radius 2 is 1.73 bits per heavy atom. The Hall–Kier alpha value is -3.78. The van der Waals surface area contributed by atoms with E-state index in [4.69, 9.17) is 9.47 Å². The molecule has 3 aromatic rings. The summed E-state index contributed by atoms with van der Waals surface area (Å²) in [4.78, 5) is 15.9. The Kier molecular flexibility index (Phi) is 7.52. The average Bonchev–Trinajstić information content (AvgIpc) is 3.56. The van der Waals surface area contributed by atoms with Crippen LogP contribution in [0, 0.1) is 5.82 Å². The Labute approximate surface area is 234 Å². The van der Waals surface area contributed by atoms with E-state index in [1.165, 1.54) is 17.7 Å². The van der Waals surface area contributed by atoms with Gasteiger partial charge in [0.1, 0.15) is 17.5 Å². The van der Waals surface area contributed by atoms with Crippen molar-refractivity contribution in [2.24, 2.45) is 0 Å². The van der Waals surface area contributed by atoms with E-state index in [2.05, 4.69) is 52.8 Å². The molecule has 6 nitrogen and oxygen atoms in total. The van der Waals surface area contributed by atoms with E-state index in [0.29, 0.717) is 17.7 Å². The molecular formula is C33H34FN3O3. The number of hydrogen-bond acceptors (Lipinski definition) is 5. The van der Waals surface area contributed by atoms with Gasteiger partial charge in [0.25, 0.3) is 5.91 Å². The van der Waals surface area contributed by atoms with E-state index in [1.807, 2.05) is 36.4 Å². The fourth-order valence-electron chi connectivity index (χ4n) is 6.00. The van der Waals surface area contributed by atoms with Gasteiger partial charge >= 0.3 is 0 Å². The lowest BCUT2D eigenvalue weighted by molar-refractivity contribution is -0.113. The molecule has 1 fully saturated rings. The van der Waals surface area contributed by atoms with Crippen molar-refractivity contribution >= 4 is 17.3 Å². The van der Waals surface area contributed by atoms with Gasteiger partial charge in [0, 0.05) is 31.0 Å². The number of carbonyl (C=O) groups excluding carboxylic acids is 1. The number of carbonyl (C=O) groups is 1. The molecule has 2 bridgehead atoms. The van der Waals surface area contributed by atoms with E-state index in [9.17, 15) is 9.18 Å². The van der Waals surface area contributed by atoms with Crippen LogP contribution in [0.1, 0.15) is 30.5 Å². The number of nitrogens with zero attached hydrogens (tertiary/aromatic N) is 1. The zero-order valence-corrected chi connectivity index (χ0v) is 22.6. The van der Waals surface area contributed by atoms with Gasteiger partial charge in [-0.15, -0.1) is 0 Å². The first-order valence-corrected chi connectivity index (χ1v) is 13.9. The number of amides is 1. The molecule has 2 N–H and O–H groups in total. The summed E-state index contributed by atoms with van der Waals surface area (Å²) in [5.41, 5.74) is 4.59. The molecule has 0 aliphatic carbocycles. The van der Waals surface area contributed by atoms with E-state index < -0.39 is 11.7 Å². The highest BCUT2D eigenvalue weighted by molar-refractivity contribution is 6.06. The molecule has 3 atom stereocenters. The molecule has 3 aromatic carbocycles. The van der Waals surface area contributed by atoms with Crippen molar-refractivity contribution in [2.75, 3.05) is 36.9 Å². The number of rotatable bonds is 9. The molecule has 3 unspecified atom stereocenters. The maximum Gasteiger partial charge on any atom is 0.254 e. The number of para-hydroxylation sites is 1. The van der Waals surface area contributed by atoms with E-state index in [1.54, 1.807) is 12.1 Å². The molecule has 0 radical (unpaired) electrons. The number of nitrogens with one attached hydrogen (secondary N) is 2. The van der Waals surface area contributed by atoms with Gasteiger partial charge in [-0.2, -0.15) is 0 Å². The second-order valence-electron chi connectivity index (χ2n) is 10.5. The van der Waals surface area contributed by atoms with Crippen LogP contribution in [0.3, 0.4) is 0 Å². The summed E-state index contributed by atoms with van der Waals surface area (Å²) in [7, 11) is 0. The number of ether oxygens (including phenoxy) is 2. The zero-order valence-electron chi connectivity index (χ0n) is 22.6. The van der Waals surface area contributed by atoms with Gasteiger partial charge in [0.2, 0.25) is 0 Å². The highest BCUT2D eigenvalue weighted by Crippen LogP contribution is 2.52. The summed E-state index contributed by atoms with van der Waals surface area (Å²) >= 11 is 0. The third kappa shape index (κ3) is 5.20. The van der Waals surface area contributed by atoms with Crippen LogP contribution in [0.5, 0.6) is 0 Å². The Bertz CT molecular complexity index is 1400. The first-order valence-electron chi connectivity index (χ1n) is 13.9. The zero-order chi connectivity index (χ0) is 27.5. The lowest BCUT2D eigenvalue weighted by Gasteiger charge is -2.37. The first-order chi connectivity index (χ1) is 19.6. The smallest absolute Gasteiger partial charge is 0.254 e. The second kappa shape index (κ2) is 11.4. The summed E-state index contributed by atoms with van der Waals surface area (Å²) < 4.78 is 25.6. The molecule has 0 saturated carbocycles. The Balaban J connectivity index is 1.33. The van der Waals surface area contributed by atoms with Crippen LogP contribution in [0.25, 0.3) is 0 Å². The largest absolute Gasteiger partial charge is 0.379 e. The summed E-state index contributed by atoms with van der Waals surface area (Å²) in [5, 5.41) is 6.67. The number of anilines is 2. The van der Waals surface area contributed by atoms with Crippen LogP contribution in [0.4, 0.5) is 15.8 Å². The van der Waals surface area contributed by atoms with Crippen LogP contribution >= 0.6 is 0 Å². The summed E-state index contributed by atoms with van der Waals surface area (Å²) in [6.45, 7) is 6.38. The second-order valence-corrected chi connectivity index (χ2v) is 10.5. The van der Waals surface area contributed by atoms with Gasteiger partial charge in [-0.3, -0.25) is 9.69 Å². The lowest BCUT2D eigenvalue weighted by Crippen LogP contribution is -2.40. The normalized spacial score (nSPS) is 22.9. The maximum absolute atomic E-state index is 13.5. The summed E-state index contributed by atoms with van der Waals surface area (Å²) in [6, 6.07) is 24.3. The molecule has 3 heterocycles. The van der Waals surface area contributed by atoms with Crippen molar-refractivity contribution in [3.8, 4) is 0 Å². The SMILES string of the molecule is CCC1=C(C(=O)Nc2ccc(F)cc2)C2C=CC1(C(Nc1ccccc1)c1ccc(CN3CCOCC3)cc1)O2. The minimum atomic E-state index is -0.823. The standard InChI is InChI=1S/C33H34FN3O3/c1-2-28-30(32(38)36-27-14-12-25(34)13-15-27)29-16-17-33(28,40-29)31(35-26-6-4-3-5-7-26)24-10-8-23(9-11-24)22-37-18-20-39-21-19-37/h3-17,29,31,35H,2,18-22H2,1H3,(H,36,38). The van der Waals surface area contributed by atoms with Crippen molar-refractivity contribution in [2.45, 2.75) is 37.6 Å². The molecule has 206 valence electrons. The molecule has 3 aliphatic heterocycles. The fourth-order valence-corrected chi connectivity index (χ4v) is 6.00. The number of fused-ring (bicyclic) bond motifs is 2. The molecule has 0 aromatic heterocycles. The summed E-state index contributed by atoms with van der Waals surface area (Å²) in [5.74, 6) is -0.568. The molecular weight excluding hydrogens is 505 g/mol. The highest BCUT2D eigenvalue weighted by Gasteiger charge is 2.54. The van der Waals surface area contributed by atoms with Gasteiger partial charge < -0.3 is 20.1 Å². The minimum absolute atomic E-state index is 0.223. The molecule has 0 spiro atoms. The minimum Gasteiger partial charge on any atom is -0.379 e. The van der Waals surface area contributed by atoms with E-state index >= 15 is 0 Å². The van der Waals surface area contributed by atoms with Crippen LogP contribution in [-0.2, 0) is 20.8 Å². The van der Waals surface area contributed by atoms with Gasteiger partial charge in [0.05, 0.1) is 24.8 Å². The van der Waals surface area contributed by atoms with E-state index in [-0.39, 0.29) is 17.8 Å². The molecule has 7 heteroatoms. The average molecular weight is 540 g/mol. The topological polar surface area (TPSA) is 62.8 Å². The number of hydrogen-bond donors (Lipinski definition) is 2. The highest BCUT2D eigenvalue weighted by atomic mass is 19.1. The fraction of sp³-hybridized carbons (Fsp3) is 0.303. The molecule has 1 amide bonds. The lowest BCUT2D eigenvalue weighted by atomic mass is 9.77. The van der Waals surface area contributed by atoms with Gasteiger partial charge in [-0.05, 0) is 65.6 Å². The van der Waals surface area contributed by atoms with Crippen LogP contribution in [-0.4, -0.2) is 48.8 Å².